The van der Waals surface area contributed by atoms with Gasteiger partial charge in [-0.15, -0.1) is 0 Å². The molecule has 7 heteroatoms. The number of carbonyl (C=O) groups excluding carboxylic acids is 2. The summed E-state index contributed by atoms with van der Waals surface area (Å²) in [4.78, 5) is 25.4. The zero-order valence-electron chi connectivity index (χ0n) is 8.56. The maximum absolute atomic E-state index is 11.0. The Balaban J connectivity index is 2.71. The molecular formula is C9H13N5O2. The van der Waals surface area contributed by atoms with Crippen LogP contribution in [-0.2, 0) is 4.79 Å². The molecule has 1 rings (SSSR count). The molecule has 7 nitrogen and oxygen atoms in total. The van der Waals surface area contributed by atoms with Gasteiger partial charge < -0.3 is 22.5 Å². The summed E-state index contributed by atoms with van der Waals surface area (Å²) in [7, 11) is 0. The molecule has 0 aromatic carbocycles. The predicted octanol–water partition coefficient (Wildman–Crippen LogP) is -0.950. The van der Waals surface area contributed by atoms with E-state index in [1.165, 1.54) is 12.3 Å². The van der Waals surface area contributed by atoms with E-state index in [4.69, 9.17) is 17.2 Å². The lowest BCUT2D eigenvalue weighted by atomic mass is 10.2. The Kier molecular flexibility index (Phi) is 3.65. The number of hydrogen-bond donors (Lipinski definition) is 4. The molecule has 0 saturated carbocycles. The number of primary amides is 2. The average Bonchev–Trinajstić information content (AvgIpc) is 2.19. The van der Waals surface area contributed by atoms with E-state index in [0.29, 0.717) is 12.4 Å². The first-order valence-electron chi connectivity index (χ1n) is 4.58. The maximum Gasteiger partial charge on any atom is 0.250 e. The Morgan fingerprint density at radius 3 is 2.62 bits per heavy atom. The second kappa shape index (κ2) is 4.96. The minimum Gasteiger partial charge on any atom is -0.397 e. The molecule has 0 spiro atoms. The molecule has 0 aliphatic carbocycles. The van der Waals surface area contributed by atoms with Crippen molar-refractivity contribution in [1.29, 1.82) is 0 Å². The van der Waals surface area contributed by atoms with Gasteiger partial charge in [0.25, 0.3) is 5.91 Å². The van der Waals surface area contributed by atoms with Gasteiger partial charge >= 0.3 is 0 Å². The summed E-state index contributed by atoms with van der Waals surface area (Å²) in [5, 5.41) is 2.82. The first-order valence-corrected chi connectivity index (χ1v) is 4.58. The fourth-order valence-corrected chi connectivity index (χ4v) is 1.09. The monoisotopic (exact) mass is 223 g/mol. The van der Waals surface area contributed by atoms with Crippen molar-refractivity contribution >= 4 is 23.3 Å². The van der Waals surface area contributed by atoms with E-state index in [-0.39, 0.29) is 17.7 Å². The van der Waals surface area contributed by atoms with Crippen LogP contribution in [0.4, 0.5) is 11.5 Å². The van der Waals surface area contributed by atoms with Gasteiger partial charge in [-0.05, 0) is 6.07 Å². The van der Waals surface area contributed by atoms with Crippen LogP contribution in [0.1, 0.15) is 16.8 Å². The summed E-state index contributed by atoms with van der Waals surface area (Å²) < 4.78 is 0. The maximum atomic E-state index is 11.0. The third-order valence-corrected chi connectivity index (χ3v) is 1.88. The summed E-state index contributed by atoms with van der Waals surface area (Å²) in [6.07, 6.45) is 1.50. The van der Waals surface area contributed by atoms with Gasteiger partial charge in [-0.1, -0.05) is 0 Å². The van der Waals surface area contributed by atoms with Crippen LogP contribution in [0.3, 0.4) is 0 Å². The number of anilines is 2. The normalized spacial score (nSPS) is 9.75. The van der Waals surface area contributed by atoms with E-state index < -0.39 is 11.8 Å². The third kappa shape index (κ3) is 3.12. The van der Waals surface area contributed by atoms with Crippen LogP contribution in [-0.4, -0.2) is 23.3 Å². The number of nitrogens with two attached hydrogens (primary N) is 3. The first-order chi connectivity index (χ1) is 7.50. The number of amides is 2. The highest BCUT2D eigenvalue weighted by Gasteiger charge is 2.07. The molecule has 7 N–H and O–H groups in total. The lowest BCUT2D eigenvalue weighted by Gasteiger charge is -2.06. The molecule has 0 unspecified atom stereocenters. The summed E-state index contributed by atoms with van der Waals surface area (Å²) in [5.74, 6) is -0.625. The van der Waals surface area contributed by atoms with Crippen LogP contribution < -0.4 is 22.5 Å². The lowest BCUT2D eigenvalue weighted by molar-refractivity contribution is -0.117. The van der Waals surface area contributed by atoms with Crippen LogP contribution in [0.5, 0.6) is 0 Å². The second-order valence-corrected chi connectivity index (χ2v) is 3.16. The third-order valence-electron chi connectivity index (χ3n) is 1.88. The smallest absolute Gasteiger partial charge is 0.250 e. The van der Waals surface area contributed by atoms with Gasteiger partial charge in [-0.3, -0.25) is 9.59 Å². The van der Waals surface area contributed by atoms with Crippen LogP contribution >= 0.6 is 0 Å². The van der Waals surface area contributed by atoms with Gasteiger partial charge in [0.1, 0.15) is 5.82 Å². The molecule has 1 aromatic heterocycles. The first kappa shape index (κ1) is 11.8. The van der Waals surface area contributed by atoms with Crippen molar-refractivity contribution in [2.45, 2.75) is 6.42 Å². The van der Waals surface area contributed by atoms with E-state index in [0.717, 1.165) is 0 Å². The zero-order chi connectivity index (χ0) is 12.1. The topological polar surface area (TPSA) is 137 Å². The Bertz CT molecular complexity index is 418. The Hall–Kier alpha value is -2.31. The lowest BCUT2D eigenvalue weighted by Crippen LogP contribution is -2.17. The number of aromatic nitrogens is 1. The van der Waals surface area contributed by atoms with Crippen LogP contribution in [0.2, 0.25) is 0 Å². The standard InChI is InChI=1S/C9H13N5O2/c10-6-4-14-8(3-5(6)9(12)16)13-2-1-7(11)15/h3-4H,1-2,10H2,(H2,11,15)(H2,12,16)(H,13,14). The van der Waals surface area contributed by atoms with Gasteiger partial charge in [0.15, 0.2) is 0 Å². The predicted molar refractivity (Wildman–Crippen MR) is 59.5 cm³/mol. The SMILES string of the molecule is NC(=O)CCNc1cc(C(N)=O)c(N)cn1. The fourth-order valence-electron chi connectivity index (χ4n) is 1.09. The molecule has 1 aromatic rings. The van der Waals surface area contributed by atoms with Crippen LogP contribution in [0, 0.1) is 0 Å². The van der Waals surface area contributed by atoms with Crippen LogP contribution in [0.25, 0.3) is 0 Å². The molecule has 86 valence electrons. The number of nitrogens with one attached hydrogen (secondary N) is 1. The van der Waals surface area contributed by atoms with Crippen molar-refractivity contribution in [2.24, 2.45) is 11.5 Å². The molecule has 1 heterocycles. The van der Waals surface area contributed by atoms with Gasteiger partial charge in [-0.25, -0.2) is 4.98 Å². The summed E-state index contributed by atoms with van der Waals surface area (Å²) in [6, 6.07) is 1.43. The number of rotatable bonds is 5. The van der Waals surface area contributed by atoms with Crippen molar-refractivity contribution in [3.8, 4) is 0 Å². The highest BCUT2D eigenvalue weighted by molar-refractivity contribution is 5.98. The van der Waals surface area contributed by atoms with Crippen LogP contribution in [0.15, 0.2) is 12.3 Å². The summed E-state index contributed by atoms with van der Waals surface area (Å²) in [6.45, 7) is 0.338. The molecule has 0 radical (unpaired) electrons. The minimum absolute atomic E-state index is 0.179. The molecule has 0 aliphatic heterocycles. The highest BCUT2D eigenvalue weighted by Crippen LogP contribution is 2.13. The number of carbonyl (C=O) groups is 2. The molecule has 0 bridgehead atoms. The Morgan fingerprint density at radius 1 is 1.38 bits per heavy atom. The molecule has 0 saturated heterocycles. The van der Waals surface area contributed by atoms with Gasteiger partial charge in [-0.2, -0.15) is 0 Å². The van der Waals surface area contributed by atoms with Crippen molar-refractivity contribution in [3.05, 3.63) is 17.8 Å². The number of hydrogen-bond acceptors (Lipinski definition) is 5. The molecule has 2 amide bonds. The largest absolute Gasteiger partial charge is 0.397 e. The molecule has 0 aliphatic rings. The van der Waals surface area contributed by atoms with Gasteiger partial charge in [0.05, 0.1) is 17.4 Å². The molecule has 16 heavy (non-hydrogen) atoms. The van der Waals surface area contributed by atoms with E-state index in [1.54, 1.807) is 0 Å². The molecular weight excluding hydrogens is 210 g/mol. The summed E-state index contributed by atoms with van der Waals surface area (Å²) >= 11 is 0. The Morgan fingerprint density at radius 2 is 2.06 bits per heavy atom. The van der Waals surface area contributed by atoms with Crippen molar-refractivity contribution in [2.75, 3.05) is 17.6 Å². The number of nitrogens with zero attached hydrogens (tertiary/aromatic N) is 1. The fraction of sp³-hybridized carbons (Fsp3) is 0.222. The second-order valence-electron chi connectivity index (χ2n) is 3.16. The van der Waals surface area contributed by atoms with Gasteiger partial charge in [0.2, 0.25) is 5.91 Å². The van der Waals surface area contributed by atoms with E-state index in [2.05, 4.69) is 10.3 Å². The van der Waals surface area contributed by atoms with E-state index in [1.807, 2.05) is 0 Å². The van der Waals surface area contributed by atoms with E-state index in [9.17, 15) is 9.59 Å². The Labute approximate surface area is 92.0 Å². The quantitative estimate of drug-likeness (QED) is 0.510. The molecule has 0 fully saturated rings. The highest BCUT2D eigenvalue weighted by atomic mass is 16.1. The number of nitrogen functional groups attached to an aromatic ring is 1. The van der Waals surface area contributed by atoms with Crippen molar-refractivity contribution < 1.29 is 9.59 Å². The minimum atomic E-state index is -0.627. The average molecular weight is 223 g/mol. The van der Waals surface area contributed by atoms with Crippen molar-refractivity contribution in [1.82, 2.24) is 4.98 Å². The summed E-state index contributed by atoms with van der Waals surface area (Å²) in [5.41, 5.74) is 16.0. The molecule has 0 atom stereocenters. The van der Waals surface area contributed by atoms with Gasteiger partial charge in [0, 0.05) is 13.0 Å². The van der Waals surface area contributed by atoms with E-state index >= 15 is 0 Å². The van der Waals surface area contributed by atoms with Crippen molar-refractivity contribution in [3.63, 3.8) is 0 Å². The number of pyridine rings is 1. The zero-order valence-corrected chi connectivity index (χ0v) is 8.56.